The molecule has 0 saturated carbocycles. The first kappa shape index (κ1) is 17.7. The van der Waals surface area contributed by atoms with E-state index in [0.29, 0.717) is 6.61 Å². The summed E-state index contributed by atoms with van der Waals surface area (Å²) in [4.78, 5) is 21.6. The van der Waals surface area contributed by atoms with Gasteiger partial charge in [-0.05, 0) is 51.5 Å². The third kappa shape index (κ3) is 6.31. The second-order valence-corrected chi connectivity index (χ2v) is 6.35. The number of nitrogens with one attached hydrogen (secondary N) is 1. The van der Waals surface area contributed by atoms with Gasteiger partial charge in [0.05, 0.1) is 12.1 Å². The van der Waals surface area contributed by atoms with E-state index in [2.05, 4.69) is 44.3 Å². The fraction of sp³-hybridized carbons (Fsp3) is 0.429. The maximum Gasteiger partial charge on any atom is 0.466 e. The fourth-order valence-electron chi connectivity index (χ4n) is 2.22. The van der Waals surface area contributed by atoms with Gasteiger partial charge in [0.2, 0.25) is 0 Å². The second kappa shape index (κ2) is 6.62. The average molecular weight is 315 g/mol. The molecule has 118 valence electrons. The molecule has 1 heterocycles. The summed E-state index contributed by atoms with van der Waals surface area (Å²) in [6.07, 6.45) is 2.26. The molecule has 0 amide bonds. The maximum atomic E-state index is 8.88. The summed E-state index contributed by atoms with van der Waals surface area (Å²) in [5, 5.41) is 3.50. The monoisotopic (exact) mass is 315 g/mol. The van der Waals surface area contributed by atoms with Crippen molar-refractivity contribution in [1.82, 2.24) is 0 Å². The van der Waals surface area contributed by atoms with Crippen LogP contribution in [0.25, 0.3) is 5.57 Å². The Balaban J connectivity index is 0.000000383. The van der Waals surface area contributed by atoms with Crippen LogP contribution in [0.5, 0.6) is 5.75 Å². The predicted molar refractivity (Wildman–Crippen MR) is 83.2 cm³/mol. The van der Waals surface area contributed by atoms with Crippen molar-refractivity contribution in [3.63, 3.8) is 0 Å². The molecule has 0 radical (unpaired) electrons. The molecule has 0 bridgehead atoms. The quantitative estimate of drug-likeness (QED) is 0.626. The highest BCUT2D eigenvalue weighted by Crippen LogP contribution is 2.35. The van der Waals surface area contributed by atoms with E-state index in [1.165, 1.54) is 16.8 Å². The minimum absolute atomic E-state index is 0.0320. The molecular weight excluding hydrogens is 293 g/mol. The molecule has 0 aromatic heterocycles. The molecule has 2 rings (SSSR count). The molecule has 1 aromatic carbocycles. The minimum atomic E-state index is -4.64. The van der Waals surface area contributed by atoms with Crippen LogP contribution in [0.2, 0.25) is 0 Å². The Morgan fingerprint density at radius 3 is 2.38 bits per heavy atom. The molecule has 21 heavy (non-hydrogen) atoms. The van der Waals surface area contributed by atoms with Crippen LogP contribution in [-0.2, 0) is 4.57 Å². The number of hydrogen-bond donors (Lipinski definition) is 4. The first-order valence-electron chi connectivity index (χ1n) is 6.55. The predicted octanol–water partition coefficient (Wildman–Crippen LogP) is 2.76. The van der Waals surface area contributed by atoms with Crippen LogP contribution < -0.4 is 10.1 Å². The number of fused-ring (bicyclic) bond motifs is 1. The molecule has 0 unspecified atom stereocenters. The van der Waals surface area contributed by atoms with Crippen molar-refractivity contribution in [1.29, 1.82) is 0 Å². The molecule has 0 fully saturated rings. The Labute approximate surface area is 124 Å². The summed E-state index contributed by atoms with van der Waals surface area (Å²) in [5.74, 6) is 0.940. The fourth-order valence-corrected chi connectivity index (χ4v) is 2.22. The van der Waals surface area contributed by atoms with E-state index < -0.39 is 7.82 Å². The van der Waals surface area contributed by atoms with Crippen molar-refractivity contribution >= 4 is 19.1 Å². The number of anilines is 1. The Bertz CT molecular complexity index is 568. The average Bonchev–Trinajstić information content (AvgIpc) is 2.27. The lowest BCUT2D eigenvalue weighted by Gasteiger charge is -2.31. The second-order valence-electron chi connectivity index (χ2n) is 5.33. The third-order valence-electron chi connectivity index (χ3n) is 2.76. The Hall–Kier alpha value is -1.33. The van der Waals surface area contributed by atoms with Crippen LogP contribution >= 0.6 is 7.82 Å². The highest BCUT2D eigenvalue weighted by Gasteiger charge is 2.22. The molecular formula is C14H22NO5P. The zero-order chi connectivity index (χ0) is 16.3. The SMILES string of the molecule is CCOc1ccc2c(c1)C(C)=CC(C)(C)N2.O=P(O)(O)O. The normalized spacial score (nSPS) is 15.9. The van der Waals surface area contributed by atoms with E-state index in [0.717, 1.165) is 5.75 Å². The molecule has 0 spiro atoms. The molecule has 1 aliphatic heterocycles. The van der Waals surface area contributed by atoms with Gasteiger partial charge in [0.25, 0.3) is 0 Å². The lowest BCUT2D eigenvalue weighted by atomic mass is 9.91. The zero-order valence-electron chi connectivity index (χ0n) is 12.6. The smallest absolute Gasteiger partial charge is 0.466 e. The van der Waals surface area contributed by atoms with Crippen LogP contribution in [0.3, 0.4) is 0 Å². The number of ether oxygens (including phenoxy) is 1. The molecule has 0 atom stereocenters. The Kier molecular flexibility index (Phi) is 5.59. The minimum Gasteiger partial charge on any atom is -0.494 e. The van der Waals surface area contributed by atoms with Gasteiger partial charge < -0.3 is 24.7 Å². The first-order valence-corrected chi connectivity index (χ1v) is 8.11. The van der Waals surface area contributed by atoms with E-state index in [9.17, 15) is 0 Å². The zero-order valence-corrected chi connectivity index (χ0v) is 13.5. The van der Waals surface area contributed by atoms with Gasteiger partial charge in [0, 0.05) is 11.3 Å². The number of hydrogen-bond acceptors (Lipinski definition) is 3. The molecule has 0 saturated heterocycles. The summed E-state index contributed by atoms with van der Waals surface area (Å²) in [6, 6.07) is 6.22. The van der Waals surface area contributed by atoms with Gasteiger partial charge in [-0.1, -0.05) is 6.08 Å². The molecule has 7 heteroatoms. The van der Waals surface area contributed by atoms with Crippen LogP contribution in [0.15, 0.2) is 24.3 Å². The van der Waals surface area contributed by atoms with Crippen LogP contribution in [0.1, 0.15) is 33.3 Å². The van der Waals surface area contributed by atoms with Crippen LogP contribution in [0, 0.1) is 0 Å². The van der Waals surface area contributed by atoms with Gasteiger partial charge in [-0.15, -0.1) is 0 Å². The number of benzene rings is 1. The van der Waals surface area contributed by atoms with Crippen LogP contribution in [-0.4, -0.2) is 26.8 Å². The van der Waals surface area contributed by atoms with Crippen molar-refractivity contribution in [3.8, 4) is 5.75 Å². The van der Waals surface area contributed by atoms with Gasteiger partial charge in [-0.3, -0.25) is 0 Å². The van der Waals surface area contributed by atoms with Gasteiger partial charge in [0.1, 0.15) is 5.75 Å². The highest BCUT2D eigenvalue weighted by molar-refractivity contribution is 7.45. The van der Waals surface area contributed by atoms with E-state index in [-0.39, 0.29) is 5.54 Å². The van der Waals surface area contributed by atoms with Crippen LogP contribution in [0.4, 0.5) is 5.69 Å². The summed E-state index contributed by atoms with van der Waals surface area (Å²) in [6.45, 7) is 9.22. The van der Waals surface area contributed by atoms with E-state index in [4.69, 9.17) is 24.0 Å². The molecule has 1 aliphatic rings. The highest BCUT2D eigenvalue weighted by atomic mass is 31.2. The number of phosphoric acid groups is 1. The molecule has 1 aromatic rings. The Morgan fingerprint density at radius 2 is 1.86 bits per heavy atom. The lowest BCUT2D eigenvalue weighted by molar-refractivity contribution is 0.275. The largest absolute Gasteiger partial charge is 0.494 e. The number of rotatable bonds is 2. The molecule has 6 nitrogen and oxygen atoms in total. The summed E-state index contributed by atoms with van der Waals surface area (Å²) in [5.41, 5.74) is 3.77. The van der Waals surface area contributed by atoms with E-state index >= 15 is 0 Å². The van der Waals surface area contributed by atoms with Crippen molar-refractivity contribution in [2.75, 3.05) is 11.9 Å². The standard InChI is InChI=1S/C14H19NO.H3O4P/c1-5-16-11-6-7-13-12(8-11)10(2)9-14(3,4)15-13;1-5(2,3)4/h6-9,15H,5H2,1-4H3;(H3,1,2,3,4). The van der Waals surface area contributed by atoms with Gasteiger partial charge >= 0.3 is 7.82 Å². The summed E-state index contributed by atoms with van der Waals surface area (Å²) < 4.78 is 14.4. The number of allylic oxidation sites excluding steroid dienone is 1. The van der Waals surface area contributed by atoms with Gasteiger partial charge in [0.15, 0.2) is 0 Å². The molecule has 4 N–H and O–H groups in total. The lowest BCUT2D eigenvalue weighted by Crippen LogP contribution is -2.31. The van der Waals surface area contributed by atoms with Crippen molar-refractivity contribution in [2.24, 2.45) is 0 Å². The first-order chi connectivity index (χ1) is 9.52. The van der Waals surface area contributed by atoms with Crippen molar-refractivity contribution in [3.05, 3.63) is 29.8 Å². The summed E-state index contributed by atoms with van der Waals surface area (Å²) >= 11 is 0. The van der Waals surface area contributed by atoms with E-state index in [1.807, 2.05) is 13.0 Å². The van der Waals surface area contributed by atoms with E-state index in [1.54, 1.807) is 0 Å². The summed E-state index contributed by atoms with van der Waals surface area (Å²) in [7, 11) is -4.64. The topological polar surface area (TPSA) is 99.0 Å². The Morgan fingerprint density at radius 1 is 1.29 bits per heavy atom. The van der Waals surface area contributed by atoms with Crippen molar-refractivity contribution < 1.29 is 24.0 Å². The van der Waals surface area contributed by atoms with Gasteiger partial charge in [-0.2, -0.15) is 0 Å². The third-order valence-corrected chi connectivity index (χ3v) is 2.76. The van der Waals surface area contributed by atoms with Gasteiger partial charge in [-0.25, -0.2) is 4.57 Å². The van der Waals surface area contributed by atoms with Crippen molar-refractivity contribution in [2.45, 2.75) is 33.2 Å². The molecule has 0 aliphatic carbocycles. The maximum absolute atomic E-state index is 8.88.